The molecule has 0 radical (unpaired) electrons. The molecule has 0 fully saturated rings. The maximum Gasteiger partial charge on any atom is 0.123 e. The summed E-state index contributed by atoms with van der Waals surface area (Å²) in [7, 11) is 1.69. The van der Waals surface area contributed by atoms with Crippen LogP contribution >= 0.6 is 0 Å². The van der Waals surface area contributed by atoms with Crippen LogP contribution in [0.5, 0.6) is 11.5 Å². The van der Waals surface area contributed by atoms with Crippen LogP contribution in [0.25, 0.3) is 0 Å². The van der Waals surface area contributed by atoms with Gasteiger partial charge in [-0.1, -0.05) is 71.9 Å². The van der Waals surface area contributed by atoms with Crippen LogP contribution in [0.15, 0.2) is 49.1 Å². The third kappa shape index (κ3) is 4.74. The van der Waals surface area contributed by atoms with E-state index in [-0.39, 0.29) is 16.7 Å². The first-order valence-electron chi connectivity index (χ1n) is 9.61. The zero-order chi connectivity index (χ0) is 20.4. The van der Waals surface area contributed by atoms with Crippen molar-refractivity contribution in [1.82, 2.24) is 0 Å². The third-order valence-corrected chi connectivity index (χ3v) is 5.05. The van der Waals surface area contributed by atoms with Gasteiger partial charge in [0.15, 0.2) is 0 Å². The molecule has 2 aromatic rings. The molecule has 2 nitrogen and oxygen atoms in total. The molecule has 0 amide bonds. The van der Waals surface area contributed by atoms with Crippen LogP contribution in [0.4, 0.5) is 0 Å². The van der Waals surface area contributed by atoms with E-state index in [2.05, 4.69) is 72.4 Å². The molecule has 1 N–H and O–H groups in total. The van der Waals surface area contributed by atoms with E-state index in [0.29, 0.717) is 5.75 Å². The van der Waals surface area contributed by atoms with Gasteiger partial charge in [-0.3, -0.25) is 0 Å². The molecular formula is C25H34O2. The van der Waals surface area contributed by atoms with E-state index in [0.717, 1.165) is 23.3 Å². The molecule has 0 bridgehead atoms. The monoisotopic (exact) mass is 366 g/mol. The van der Waals surface area contributed by atoms with Gasteiger partial charge in [0.25, 0.3) is 0 Å². The molecule has 0 aromatic heterocycles. The molecule has 1 unspecified atom stereocenters. The number of allylic oxidation sites excluding steroid dienone is 1. The maximum atomic E-state index is 11.0. The molecule has 0 heterocycles. The van der Waals surface area contributed by atoms with Crippen molar-refractivity contribution >= 4 is 0 Å². The lowest BCUT2D eigenvalue weighted by Crippen LogP contribution is -2.18. The van der Waals surface area contributed by atoms with Crippen LogP contribution in [0.1, 0.15) is 76.1 Å². The molecule has 27 heavy (non-hydrogen) atoms. The van der Waals surface area contributed by atoms with Gasteiger partial charge in [-0.05, 0) is 51.6 Å². The van der Waals surface area contributed by atoms with Crippen LogP contribution in [0, 0.1) is 0 Å². The highest BCUT2D eigenvalue weighted by atomic mass is 16.5. The lowest BCUT2D eigenvalue weighted by molar-refractivity contribution is 0.414. The number of phenols is 1. The summed E-state index contributed by atoms with van der Waals surface area (Å²) in [5.74, 6) is 1.44. The predicted octanol–water partition coefficient (Wildman–Crippen LogP) is 6.70. The first-order chi connectivity index (χ1) is 12.5. The Balaban J connectivity index is 2.73. The summed E-state index contributed by atoms with van der Waals surface area (Å²) in [5, 5.41) is 11.0. The van der Waals surface area contributed by atoms with Gasteiger partial charge in [-0.2, -0.15) is 0 Å². The second kappa shape index (κ2) is 7.80. The fourth-order valence-electron chi connectivity index (χ4n) is 3.49. The van der Waals surface area contributed by atoms with Crippen molar-refractivity contribution in [3.05, 3.63) is 71.3 Å². The van der Waals surface area contributed by atoms with Gasteiger partial charge in [0.05, 0.1) is 7.11 Å². The van der Waals surface area contributed by atoms with Crippen molar-refractivity contribution in [1.29, 1.82) is 0 Å². The van der Waals surface area contributed by atoms with E-state index in [1.165, 1.54) is 11.1 Å². The fraction of sp³-hybridized carbons (Fsp3) is 0.440. The quantitative estimate of drug-likeness (QED) is 0.596. The van der Waals surface area contributed by atoms with Crippen LogP contribution in [0.2, 0.25) is 0 Å². The minimum atomic E-state index is -0.146. The summed E-state index contributed by atoms with van der Waals surface area (Å²) < 4.78 is 5.43. The third-order valence-electron chi connectivity index (χ3n) is 5.05. The zero-order valence-corrected chi connectivity index (χ0v) is 17.9. The molecule has 0 aliphatic rings. The van der Waals surface area contributed by atoms with Crippen molar-refractivity contribution in [2.24, 2.45) is 0 Å². The van der Waals surface area contributed by atoms with Crippen molar-refractivity contribution in [3.8, 4) is 11.5 Å². The van der Waals surface area contributed by atoms with Gasteiger partial charge in [-0.25, -0.2) is 0 Å². The number of ether oxygens (including phenoxy) is 1. The first-order valence-corrected chi connectivity index (χ1v) is 9.61. The molecule has 2 heteroatoms. The van der Waals surface area contributed by atoms with E-state index in [4.69, 9.17) is 4.74 Å². The Labute approximate surface area is 164 Å². The van der Waals surface area contributed by atoms with Crippen LogP contribution in [-0.4, -0.2) is 12.2 Å². The van der Waals surface area contributed by atoms with Crippen molar-refractivity contribution in [3.63, 3.8) is 0 Å². The molecule has 0 aliphatic heterocycles. The Morgan fingerprint density at radius 3 is 1.96 bits per heavy atom. The highest BCUT2D eigenvalue weighted by Crippen LogP contribution is 2.43. The minimum Gasteiger partial charge on any atom is -0.507 e. The molecule has 2 aromatic carbocycles. The SMILES string of the molecule is C=CCC(c1cccc(OC)c1)c1cc(C(C)(C)C)c(O)c(C(C)(C)C)c1. The van der Waals surface area contributed by atoms with E-state index in [9.17, 15) is 5.11 Å². The lowest BCUT2D eigenvalue weighted by atomic mass is 9.76. The number of rotatable bonds is 5. The molecule has 1 atom stereocenters. The van der Waals surface area contributed by atoms with Gasteiger partial charge < -0.3 is 9.84 Å². The predicted molar refractivity (Wildman–Crippen MR) is 115 cm³/mol. The lowest BCUT2D eigenvalue weighted by Gasteiger charge is -2.30. The van der Waals surface area contributed by atoms with E-state index < -0.39 is 0 Å². The highest BCUT2D eigenvalue weighted by Gasteiger charge is 2.28. The second-order valence-corrected chi connectivity index (χ2v) is 9.32. The van der Waals surface area contributed by atoms with Gasteiger partial charge in [0.1, 0.15) is 11.5 Å². The molecule has 0 saturated heterocycles. The average molecular weight is 367 g/mol. The smallest absolute Gasteiger partial charge is 0.123 e. The number of phenolic OH excluding ortho intramolecular Hbond substituents is 1. The number of hydrogen-bond acceptors (Lipinski definition) is 2. The van der Waals surface area contributed by atoms with Gasteiger partial charge >= 0.3 is 0 Å². The standard InChI is InChI=1S/C25H34O2/c1-9-11-20(17-12-10-13-19(14-17)27-8)18-15-21(24(2,3)4)23(26)22(16-18)25(5,6)7/h9-10,12-16,20,26H,1,11H2,2-8H3. The van der Waals surface area contributed by atoms with Gasteiger partial charge in [-0.15, -0.1) is 6.58 Å². The summed E-state index contributed by atoms with van der Waals surface area (Å²) in [6.45, 7) is 16.8. The molecule has 0 aliphatic carbocycles. The number of benzene rings is 2. The molecule has 2 rings (SSSR count). The van der Waals surface area contributed by atoms with E-state index in [1.807, 2.05) is 18.2 Å². The second-order valence-electron chi connectivity index (χ2n) is 9.32. The van der Waals surface area contributed by atoms with Gasteiger partial charge in [0, 0.05) is 5.92 Å². The molecule has 0 spiro atoms. The highest BCUT2D eigenvalue weighted by molar-refractivity contribution is 5.52. The fourth-order valence-corrected chi connectivity index (χ4v) is 3.49. The average Bonchev–Trinajstić information content (AvgIpc) is 2.58. The Morgan fingerprint density at radius 2 is 1.52 bits per heavy atom. The molecule has 0 saturated carbocycles. The minimum absolute atomic E-state index is 0.146. The Bertz CT molecular complexity index is 769. The largest absolute Gasteiger partial charge is 0.507 e. The molecular weight excluding hydrogens is 332 g/mol. The Hall–Kier alpha value is -2.22. The normalized spacial score (nSPS) is 13.3. The van der Waals surface area contributed by atoms with Crippen molar-refractivity contribution < 1.29 is 9.84 Å². The topological polar surface area (TPSA) is 29.5 Å². The summed E-state index contributed by atoms with van der Waals surface area (Å²) >= 11 is 0. The Morgan fingerprint density at radius 1 is 0.963 bits per heavy atom. The van der Waals surface area contributed by atoms with Gasteiger partial charge in [0.2, 0.25) is 0 Å². The maximum absolute atomic E-state index is 11.0. The van der Waals surface area contributed by atoms with E-state index in [1.54, 1.807) is 7.11 Å². The number of aromatic hydroxyl groups is 1. The molecule has 146 valence electrons. The summed E-state index contributed by atoms with van der Waals surface area (Å²) in [4.78, 5) is 0. The summed E-state index contributed by atoms with van der Waals surface area (Å²) in [6, 6.07) is 12.6. The summed E-state index contributed by atoms with van der Waals surface area (Å²) in [5.41, 5.74) is 4.08. The van der Waals surface area contributed by atoms with Crippen molar-refractivity contribution in [2.75, 3.05) is 7.11 Å². The van der Waals surface area contributed by atoms with E-state index >= 15 is 0 Å². The van der Waals surface area contributed by atoms with Crippen LogP contribution in [0.3, 0.4) is 0 Å². The van der Waals surface area contributed by atoms with Crippen molar-refractivity contribution in [2.45, 2.75) is 64.7 Å². The zero-order valence-electron chi connectivity index (χ0n) is 17.9. The first kappa shape index (κ1) is 21.1. The number of hydrogen-bond donors (Lipinski definition) is 1. The number of methoxy groups -OCH3 is 1. The van der Waals surface area contributed by atoms with Crippen LogP contribution < -0.4 is 4.74 Å². The Kier molecular flexibility index (Phi) is 6.09. The summed E-state index contributed by atoms with van der Waals surface area (Å²) in [6.07, 6.45) is 2.79. The van der Waals surface area contributed by atoms with Crippen LogP contribution in [-0.2, 0) is 10.8 Å².